The zero-order chi connectivity index (χ0) is 18.1. The Hall–Kier alpha value is -2.80. The number of rotatable bonds is 4. The van der Waals surface area contributed by atoms with Gasteiger partial charge in [-0.2, -0.15) is 4.98 Å². The van der Waals surface area contributed by atoms with Gasteiger partial charge in [0.05, 0.1) is 23.9 Å². The molecule has 7 heteroatoms. The smallest absolute Gasteiger partial charge is 0.261 e. The molecule has 0 spiro atoms. The molecule has 2 aromatic carbocycles. The van der Waals surface area contributed by atoms with Crippen molar-refractivity contribution in [2.24, 2.45) is 0 Å². The van der Waals surface area contributed by atoms with E-state index in [-0.39, 0.29) is 12.1 Å². The molecule has 0 N–H and O–H groups in total. The maximum Gasteiger partial charge on any atom is 0.261 e. The van der Waals surface area contributed by atoms with Gasteiger partial charge in [0, 0.05) is 4.47 Å². The van der Waals surface area contributed by atoms with Gasteiger partial charge in [0.2, 0.25) is 5.89 Å². The monoisotopic (exact) mass is 410 g/mol. The molecule has 0 aliphatic carbocycles. The van der Waals surface area contributed by atoms with Crippen molar-refractivity contribution in [2.75, 3.05) is 0 Å². The molecule has 4 rings (SSSR count). The van der Waals surface area contributed by atoms with Crippen molar-refractivity contribution in [1.82, 2.24) is 19.7 Å². The van der Waals surface area contributed by atoms with Crippen LogP contribution in [0.1, 0.15) is 23.1 Å². The van der Waals surface area contributed by atoms with Crippen molar-refractivity contribution < 1.29 is 4.52 Å². The van der Waals surface area contributed by atoms with Crippen LogP contribution in [0.15, 0.2) is 62.3 Å². The van der Waals surface area contributed by atoms with E-state index >= 15 is 0 Å². The topological polar surface area (TPSA) is 73.8 Å². The van der Waals surface area contributed by atoms with Gasteiger partial charge in [-0.25, -0.2) is 4.98 Å². The van der Waals surface area contributed by atoms with E-state index in [2.05, 4.69) is 31.1 Å². The Morgan fingerprint density at radius 3 is 2.69 bits per heavy atom. The Labute approximate surface area is 157 Å². The molecular formula is C19H15BrN4O2. The fourth-order valence-corrected chi connectivity index (χ4v) is 3.26. The summed E-state index contributed by atoms with van der Waals surface area (Å²) in [6, 6.07) is 15.2. The van der Waals surface area contributed by atoms with E-state index in [0.29, 0.717) is 34.9 Å². The molecule has 130 valence electrons. The summed E-state index contributed by atoms with van der Waals surface area (Å²) in [5.74, 6) is 1.58. The largest absolute Gasteiger partial charge is 0.339 e. The number of hydrogen-bond acceptors (Lipinski definition) is 5. The van der Waals surface area contributed by atoms with Crippen LogP contribution in [0.5, 0.6) is 0 Å². The molecule has 4 aromatic rings. The number of aromatic nitrogens is 4. The Morgan fingerprint density at radius 1 is 1.08 bits per heavy atom. The molecular weight excluding hydrogens is 396 g/mol. The van der Waals surface area contributed by atoms with Crippen molar-refractivity contribution in [1.29, 1.82) is 0 Å². The Morgan fingerprint density at radius 2 is 1.85 bits per heavy atom. The molecule has 0 bridgehead atoms. The second-order valence-corrected chi connectivity index (χ2v) is 6.79. The third-order valence-electron chi connectivity index (χ3n) is 4.16. The minimum absolute atomic E-state index is 0.106. The SMILES string of the molecule is Cc1nc2ccccc2c(=O)n1Cc1noc(Cc2ccccc2Br)n1. The highest BCUT2D eigenvalue weighted by Gasteiger charge is 2.13. The molecule has 0 radical (unpaired) electrons. The molecule has 2 aromatic heterocycles. The van der Waals surface area contributed by atoms with Crippen LogP contribution in [0.2, 0.25) is 0 Å². The quantitative estimate of drug-likeness (QED) is 0.514. The van der Waals surface area contributed by atoms with Gasteiger partial charge >= 0.3 is 0 Å². The first kappa shape index (κ1) is 16.7. The van der Waals surface area contributed by atoms with Crippen LogP contribution in [-0.4, -0.2) is 19.7 Å². The lowest BCUT2D eigenvalue weighted by molar-refractivity contribution is 0.377. The van der Waals surface area contributed by atoms with Crippen molar-refractivity contribution in [3.63, 3.8) is 0 Å². The summed E-state index contributed by atoms with van der Waals surface area (Å²) in [6.45, 7) is 2.03. The van der Waals surface area contributed by atoms with Gasteiger partial charge in [-0.05, 0) is 30.7 Å². The van der Waals surface area contributed by atoms with Gasteiger partial charge in [0.1, 0.15) is 5.82 Å². The van der Waals surface area contributed by atoms with Crippen LogP contribution >= 0.6 is 15.9 Å². The standard InChI is InChI=1S/C19H15BrN4O2/c1-12-21-16-9-5-3-7-14(16)19(25)24(12)11-17-22-18(26-23-17)10-13-6-2-4-8-15(13)20/h2-9H,10-11H2,1H3. The fourth-order valence-electron chi connectivity index (χ4n) is 2.84. The molecule has 6 nitrogen and oxygen atoms in total. The molecule has 0 atom stereocenters. The first-order valence-electron chi connectivity index (χ1n) is 8.13. The van der Waals surface area contributed by atoms with Gasteiger partial charge in [0.15, 0.2) is 5.82 Å². The van der Waals surface area contributed by atoms with Crippen molar-refractivity contribution >= 4 is 26.8 Å². The van der Waals surface area contributed by atoms with E-state index in [1.165, 1.54) is 0 Å². The first-order chi connectivity index (χ1) is 12.6. The minimum atomic E-state index is -0.106. The lowest BCUT2D eigenvalue weighted by atomic mass is 10.1. The lowest BCUT2D eigenvalue weighted by Gasteiger charge is -2.08. The van der Waals surface area contributed by atoms with E-state index < -0.39 is 0 Å². The van der Waals surface area contributed by atoms with Crippen LogP contribution in [-0.2, 0) is 13.0 Å². The van der Waals surface area contributed by atoms with E-state index in [9.17, 15) is 4.79 Å². The summed E-state index contributed by atoms with van der Waals surface area (Å²) in [5, 5.41) is 4.59. The maximum atomic E-state index is 12.7. The van der Waals surface area contributed by atoms with Gasteiger partial charge in [0.25, 0.3) is 5.56 Å². The van der Waals surface area contributed by atoms with Gasteiger partial charge < -0.3 is 4.52 Å². The number of para-hydroxylation sites is 1. The highest BCUT2D eigenvalue weighted by molar-refractivity contribution is 9.10. The van der Waals surface area contributed by atoms with Crippen LogP contribution in [0, 0.1) is 6.92 Å². The number of hydrogen-bond donors (Lipinski definition) is 0. The summed E-state index contributed by atoms with van der Waals surface area (Å²) in [4.78, 5) is 21.6. The van der Waals surface area contributed by atoms with Crippen molar-refractivity contribution in [2.45, 2.75) is 19.9 Å². The minimum Gasteiger partial charge on any atom is -0.339 e. The third-order valence-corrected chi connectivity index (χ3v) is 4.94. The second kappa shape index (κ2) is 6.84. The highest BCUT2D eigenvalue weighted by atomic mass is 79.9. The zero-order valence-electron chi connectivity index (χ0n) is 14.0. The van der Waals surface area contributed by atoms with Crippen LogP contribution in [0.3, 0.4) is 0 Å². The molecule has 2 heterocycles. The molecule has 0 saturated heterocycles. The van der Waals surface area contributed by atoms with E-state index in [1.807, 2.05) is 42.5 Å². The number of nitrogens with zero attached hydrogens (tertiary/aromatic N) is 4. The van der Waals surface area contributed by atoms with E-state index in [1.54, 1.807) is 17.6 Å². The molecule has 0 amide bonds. The number of aryl methyl sites for hydroxylation is 1. The molecule has 0 fully saturated rings. The Balaban J connectivity index is 1.63. The number of halogens is 1. The molecule has 26 heavy (non-hydrogen) atoms. The highest BCUT2D eigenvalue weighted by Crippen LogP contribution is 2.19. The number of benzene rings is 2. The number of fused-ring (bicyclic) bond motifs is 1. The van der Waals surface area contributed by atoms with Gasteiger partial charge in [-0.3, -0.25) is 9.36 Å². The zero-order valence-corrected chi connectivity index (χ0v) is 15.6. The average Bonchev–Trinajstić information content (AvgIpc) is 3.08. The molecule has 0 aliphatic heterocycles. The first-order valence-corrected chi connectivity index (χ1v) is 8.92. The molecule has 0 unspecified atom stereocenters. The molecule has 0 saturated carbocycles. The van der Waals surface area contributed by atoms with E-state index in [4.69, 9.17) is 4.52 Å². The van der Waals surface area contributed by atoms with Gasteiger partial charge in [-0.15, -0.1) is 0 Å². The fraction of sp³-hybridized carbons (Fsp3) is 0.158. The average molecular weight is 411 g/mol. The normalized spacial score (nSPS) is 11.2. The second-order valence-electron chi connectivity index (χ2n) is 5.94. The van der Waals surface area contributed by atoms with E-state index in [0.717, 1.165) is 10.0 Å². The third kappa shape index (κ3) is 3.17. The summed E-state index contributed by atoms with van der Waals surface area (Å²) in [6.07, 6.45) is 0.526. The predicted molar refractivity (Wildman–Crippen MR) is 101 cm³/mol. The summed E-state index contributed by atoms with van der Waals surface area (Å²) >= 11 is 3.51. The van der Waals surface area contributed by atoms with Crippen LogP contribution in [0.4, 0.5) is 0 Å². The van der Waals surface area contributed by atoms with Crippen LogP contribution in [0.25, 0.3) is 10.9 Å². The predicted octanol–water partition coefficient (Wildman–Crippen LogP) is 3.49. The lowest BCUT2D eigenvalue weighted by Crippen LogP contribution is -2.24. The van der Waals surface area contributed by atoms with Crippen molar-refractivity contribution in [3.8, 4) is 0 Å². The molecule has 0 aliphatic rings. The summed E-state index contributed by atoms with van der Waals surface area (Å²) < 4.78 is 7.90. The Kier molecular flexibility index (Phi) is 4.38. The maximum absolute atomic E-state index is 12.7. The van der Waals surface area contributed by atoms with Crippen LogP contribution < -0.4 is 5.56 Å². The van der Waals surface area contributed by atoms with Crippen molar-refractivity contribution in [3.05, 3.63) is 86.5 Å². The summed E-state index contributed by atoms with van der Waals surface area (Å²) in [7, 11) is 0. The summed E-state index contributed by atoms with van der Waals surface area (Å²) in [5.41, 5.74) is 1.64. The Bertz CT molecular complexity index is 1150. The van der Waals surface area contributed by atoms with Gasteiger partial charge in [-0.1, -0.05) is 51.4 Å².